The third-order valence-electron chi connectivity index (χ3n) is 3.39. The summed E-state index contributed by atoms with van der Waals surface area (Å²) in [4.78, 5) is 31.6. The van der Waals surface area contributed by atoms with Crippen LogP contribution >= 0.6 is 0 Å². The summed E-state index contributed by atoms with van der Waals surface area (Å²) in [6.45, 7) is 2.65. The van der Waals surface area contributed by atoms with E-state index in [0.717, 1.165) is 12.8 Å². The molecule has 1 unspecified atom stereocenters. The Kier molecular flexibility index (Phi) is 4.03. The molecule has 2 rings (SSSR count). The van der Waals surface area contributed by atoms with E-state index in [1.807, 2.05) is 6.92 Å². The maximum Gasteiger partial charge on any atom is 0.326 e. The number of aromatic amines is 1. The molecule has 2 atom stereocenters. The molecule has 0 radical (unpaired) electrons. The Balaban J connectivity index is 1.96. The van der Waals surface area contributed by atoms with Gasteiger partial charge in [0.05, 0.1) is 6.33 Å². The lowest BCUT2D eigenvalue weighted by atomic mass is 10.1. The van der Waals surface area contributed by atoms with Crippen molar-refractivity contribution >= 4 is 12.0 Å². The number of carboxylic acid groups (broad SMARTS) is 1. The molecule has 1 aromatic rings. The number of carboxylic acids is 1. The van der Waals surface area contributed by atoms with E-state index in [4.69, 9.17) is 5.11 Å². The van der Waals surface area contributed by atoms with Crippen molar-refractivity contribution in [1.29, 1.82) is 0 Å². The van der Waals surface area contributed by atoms with Crippen LogP contribution < -0.4 is 5.32 Å². The average Bonchev–Trinajstić information content (AvgIpc) is 2.99. The summed E-state index contributed by atoms with van der Waals surface area (Å²) in [5.41, 5.74) is 0.683. The van der Waals surface area contributed by atoms with Gasteiger partial charge in [-0.1, -0.05) is 0 Å². The van der Waals surface area contributed by atoms with Crippen LogP contribution in [0.3, 0.4) is 0 Å². The fraction of sp³-hybridized carbons (Fsp3) is 0.583. The van der Waals surface area contributed by atoms with E-state index in [9.17, 15) is 9.59 Å². The fourth-order valence-corrected chi connectivity index (χ4v) is 2.28. The van der Waals surface area contributed by atoms with Crippen molar-refractivity contribution in [3.63, 3.8) is 0 Å². The molecule has 0 aromatic carbocycles. The molecule has 1 saturated heterocycles. The summed E-state index contributed by atoms with van der Waals surface area (Å²) < 4.78 is 0. The van der Waals surface area contributed by atoms with Gasteiger partial charge in [0.2, 0.25) is 0 Å². The number of imidazole rings is 1. The quantitative estimate of drug-likeness (QED) is 0.743. The van der Waals surface area contributed by atoms with Crippen molar-refractivity contribution < 1.29 is 14.7 Å². The second-order valence-electron chi connectivity index (χ2n) is 4.81. The molecule has 3 N–H and O–H groups in total. The number of rotatable bonds is 4. The van der Waals surface area contributed by atoms with E-state index in [2.05, 4.69) is 15.3 Å². The molecule has 1 fully saturated rings. The molecule has 2 heterocycles. The van der Waals surface area contributed by atoms with Gasteiger partial charge >= 0.3 is 12.0 Å². The maximum atomic E-state index is 12.0. The van der Waals surface area contributed by atoms with Crippen LogP contribution in [-0.2, 0) is 11.2 Å². The molecule has 1 aliphatic rings. The van der Waals surface area contributed by atoms with Crippen LogP contribution in [0.4, 0.5) is 4.79 Å². The summed E-state index contributed by atoms with van der Waals surface area (Å²) >= 11 is 0. The maximum absolute atomic E-state index is 12.0. The van der Waals surface area contributed by atoms with Gasteiger partial charge in [-0.2, -0.15) is 0 Å². The third-order valence-corrected chi connectivity index (χ3v) is 3.39. The number of H-pyrrole nitrogens is 1. The minimum absolute atomic E-state index is 0.168. The minimum Gasteiger partial charge on any atom is -0.480 e. The SMILES string of the molecule is CC1CCCN1C(=O)N[C@@H](Cc1cnc[nH]1)C(=O)O. The van der Waals surface area contributed by atoms with Crippen molar-refractivity contribution in [3.05, 3.63) is 18.2 Å². The van der Waals surface area contributed by atoms with Gasteiger partial charge in [0.25, 0.3) is 0 Å². The smallest absolute Gasteiger partial charge is 0.326 e. The molecule has 19 heavy (non-hydrogen) atoms. The van der Waals surface area contributed by atoms with Crippen LogP contribution in [0, 0.1) is 0 Å². The molecule has 7 heteroatoms. The Bertz CT molecular complexity index is 446. The Morgan fingerprint density at radius 1 is 1.68 bits per heavy atom. The van der Waals surface area contributed by atoms with Crippen molar-refractivity contribution in [1.82, 2.24) is 20.2 Å². The normalized spacial score (nSPS) is 20.3. The van der Waals surface area contributed by atoms with E-state index in [-0.39, 0.29) is 18.5 Å². The first-order valence-electron chi connectivity index (χ1n) is 6.35. The van der Waals surface area contributed by atoms with E-state index in [1.54, 1.807) is 11.1 Å². The third kappa shape index (κ3) is 3.24. The highest BCUT2D eigenvalue weighted by Crippen LogP contribution is 2.16. The van der Waals surface area contributed by atoms with Crippen LogP contribution in [0.15, 0.2) is 12.5 Å². The molecular formula is C12H18N4O3. The number of likely N-dealkylation sites (tertiary alicyclic amines) is 1. The summed E-state index contributed by atoms with van der Waals surface area (Å²) in [6.07, 6.45) is 5.17. The largest absolute Gasteiger partial charge is 0.480 e. The lowest BCUT2D eigenvalue weighted by molar-refractivity contribution is -0.139. The molecular weight excluding hydrogens is 248 g/mol. The first-order valence-corrected chi connectivity index (χ1v) is 6.35. The van der Waals surface area contributed by atoms with Gasteiger partial charge in [0, 0.05) is 30.9 Å². The second-order valence-corrected chi connectivity index (χ2v) is 4.81. The Hall–Kier alpha value is -2.05. The first-order chi connectivity index (χ1) is 9.08. The summed E-state index contributed by atoms with van der Waals surface area (Å²) in [5.74, 6) is -1.05. The molecule has 0 spiro atoms. The number of urea groups is 1. The van der Waals surface area contributed by atoms with E-state index < -0.39 is 12.0 Å². The minimum atomic E-state index is -1.05. The molecule has 2 amide bonds. The van der Waals surface area contributed by atoms with Crippen molar-refractivity contribution in [2.45, 2.75) is 38.3 Å². The Morgan fingerprint density at radius 3 is 3.00 bits per heavy atom. The van der Waals surface area contributed by atoms with Gasteiger partial charge in [0.1, 0.15) is 6.04 Å². The number of nitrogens with zero attached hydrogens (tertiary/aromatic N) is 2. The first kappa shape index (κ1) is 13.4. The number of hydrogen-bond acceptors (Lipinski definition) is 3. The highest BCUT2D eigenvalue weighted by molar-refractivity contribution is 5.83. The zero-order valence-electron chi connectivity index (χ0n) is 10.8. The van der Waals surface area contributed by atoms with E-state index in [1.165, 1.54) is 6.33 Å². The lowest BCUT2D eigenvalue weighted by Crippen LogP contribution is -2.49. The summed E-state index contributed by atoms with van der Waals surface area (Å²) in [6, 6.07) is -1.08. The zero-order valence-corrected chi connectivity index (χ0v) is 10.8. The second kappa shape index (κ2) is 5.73. The van der Waals surface area contributed by atoms with Crippen LogP contribution in [0.25, 0.3) is 0 Å². The number of nitrogens with one attached hydrogen (secondary N) is 2. The number of carbonyl (C=O) groups is 2. The highest BCUT2D eigenvalue weighted by Gasteiger charge is 2.29. The Morgan fingerprint density at radius 2 is 2.47 bits per heavy atom. The zero-order chi connectivity index (χ0) is 13.8. The van der Waals surface area contributed by atoms with Gasteiger partial charge in [-0.05, 0) is 19.8 Å². The van der Waals surface area contributed by atoms with Crippen LogP contribution in [-0.4, -0.2) is 50.6 Å². The van der Waals surface area contributed by atoms with Gasteiger partial charge in [0.15, 0.2) is 0 Å². The van der Waals surface area contributed by atoms with E-state index >= 15 is 0 Å². The Labute approximate surface area is 111 Å². The van der Waals surface area contributed by atoms with Gasteiger partial charge in [-0.15, -0.1) is 0 Å². The molecule has 7 nitrogen and oxygen atoms in total. The molecule has 0 saturated carbocycles. The monoisotopic (exact) mass is 266 g/mol. The number of hydrogen-bond donors (Lipinski definition) is 3. The van der Waals surface area contributed by atoms with Gasteiger partial charge in [-0.3, -0.25) is 0 Å². The van der Waals surface area contributed by atoms with Crippen LogP contribution in [0.5, 0.6) is 0 Å². The molecule has 104 valence electrons. The number of aliphatic carboxylic acids is 1. The molecule has 1 aliphatic heterocycles. The van der Waals surface area contributed by atoms with Gasteiger partial charge < -0.3 is 20.3 Å². The molecule has 0 bridgehead atoms. The fourth-order valence-electron chi connectivity index (χ4n) is 2.28. The molecule has 0 aliphatic carbocycles. The number of carbonyl (C=O) groups excluding carboxylic acids is 1. The van der Waals surface area contributed by atoms with Crippen molar-refractivity contribution in [3.8, 4) is 0 Å². The van der Waals surface area contributed by atoms with Crippen LogP contribution in [0.2, 0.25) is 0 Å². The highest BCUT2D eigenvalue weighted by atomic mass is 16.4. The predicted molar refractivity (Wildman–Crippen MR) is 67.6 cm³/mol. The van der Waals surface area contributed by atoms with Gasteiger partial charge in [-0.25, -0.2) is 14.6 Å². The average molecular weight is 266 g/mol. The molecule has 1 aromatic heterocycles. The number of amides is 2. The van der Waals surface area contributed by atoms with Crippen molar-refractivity contribution in [2.75, 3.05) is 6.54 Å². The van der Waals surface area contributed by atoms with E-state index in [0.29, 0.717) is 12.2 Å². The van der Waals surface area contributed by atoms with Crippen LogP contribution in [0.1, 0.15) is 25.5 Å². The number of aromatic nitrogens is 2. The topological polar surface area (TPSA) is 98.3 Å². The predicted octanol–water partition coefficient (Wildman–Crippen LogP) is 0.599. The summed E-state index contributed by atoms with van der Waals surface area (Å²) in [5, 5.41) is 11.7. The van der Waals surface area contributed by atoms with Crippen molar-refractivity contribution in [2.24, 2.45) is 0 Å². The standard InChI is InChI=1S/C12H18N4O3/c1-8-3-2-4-16(8)12(19)15-10(11(17)18)5-9-6-13-7-14-9/h6-8,10H,2-5H2,1H3,(H,13,14)(H,15,19)(H,17,18)/t8?,10-/m0/s1. The summed E-state index contributed by atoms with van der Waals surface area (Å²) in [7, 11) is 0. The lowest BCUT2D eigenvalue weighted by Gasteiger charge is -2.24.